The van der Waals surface area contributed by atoms with Crippen molar-refractivity contribution in [3.05, 3.63) is 34.9 Å². The zero-order valence-electron chi connectivity index (χ0n) is 8.80. The molecule has 0 saturated carbocycles. The summed E-state index contributed by atoms with van der Waals surface area (Å²) in [5.41, 5.74) is 6.46. The Morgan fingerprint density at radius 3 is 2.44 bits per heavy atom. The van der Waals surface area contributed by atoms with Gasteiger partial charge in [0.25, 0.3) is 0 Å². The van der Waals surface area contributed by atoms with E-state index in [9.17, 15) is 9.59 Å². The van der Waals surface area contributed by atoms with Gasteiger partial charge in [0.05, 0.1) is 11.5 Å². The molecule has 0 aliphatic carbocycles. The molecule has 0 aliphatic heterocycles. The Kier molecular flexibility index (Phi) is 3.63. The van der Waals surface area contributed by atoms with Crippen molar-refractivity contribution in [2.45, 2.75) is 12.8 Å². The van der Waals surface area contributed by atoms with Gasteiger partial charge in [-0.05, 0) is 24.1 Å². The van der Waals surface area contributed by atoms with Crippen LogP contribution < -0.4 is 5.73 Å². The lowest BCUT2D eigenvalue weighted by Gasteiger charge is -2.11. The lowest BCUT2D eigenvalue weighted by Crippen LogP contribution is -2.21. The molecule has 16 heavy (non-hydrogen) atoms. The topological polar surface area (TPSA) is 101 Å². The van der Waals surface area contributed by atoms with E-state index >= 15 is 0 Å². The highest BCUT2D eigenvalue weighted by Crippen LogP contribution is 2.19. The number of carboxylic acid groups (broad SMARTS) is 2. The number of hydrogen-bond donors (Lipinski definition) is 3. The van der Waals surface area contributed by atoms with E-state index < -0.39 is 17.9 Å². The van der Waals surface area contributed by atoms with Crippen molar-refractivity contribution in [2.75, 3.05) is 6.54 Å². The van der Waals surface area contributed by atoms with Crippen LogP contribution in [0.15, 0.2) is 18.2 Å². The van der Waals surface area contributed by atoms with Crippen LogP contribution in [0.25, 0.3) is 0 Å². The highest BCUT2D eigenvalue weighted by molar-refractivity contribution is 5.90. The van der Waals surface area contributed by atoms with Gasteiger partial charge in [-0.15, -0.1) is 0 Å². The molecule has 0 amide bonds. The zero-order chi connectivity index (χ0) is 12.3. The summed E-state index contributed by atoms with van der Waals surface area (Å²) in [4.78, 5) is 21.7. The second kappa shape index (κ2) is 4.76. The average molecular weight is 223 g/mol. The van der Waals surface area contributed by atoms with Gasteiger partial charge in [0.15, 0.2) is 0 Å². The standard InChI is InChI=1S/C11H13NO4/c1-6-2-3-7(4-8(6)10(13)14)9(5-12)11(15)16/h2-4,9H,5,12H2,1H3,(H,13,14)(H,15,16). The Bertz CT molecular complexity index is 428. The summed E-state index contributed by atoms with van der Waals surface area (Å²) in [6.45, 7) is 1.60. The number of aromatic carboxylic acids is 1. The first-order valence-electron chi connectivity index (χ1n) is 4.74. The molecule has 1 unspecified atom stereocenters. The molecule has 0 fully saturated rings. The molecule has 0 aliphatic rings. The first kappa shape index (κ1) is 12.2. The molecule has 1 aromatic carbocycles. The number of carbonyl (C=O) groups is 2. The normalized spacial score (nSPS) is 12.1. The molecule has 0 bridgehead atoms. The molecule has 5 nitrogen and oxygen atoms in total. The van der Waals surface area contributed by atoms with Crippen LogP contribution in [-0.2, 0) is 4.79 Å². The molecule has 5 heteroatoms. The number of benzene rings is 1. The van der Waals surface area contributed by atoms with Gasteiger partial charge >= 0.3 is 11.9 Å². The minimum Gasteiger partial charge on any atom is -0.481 e. The largest absolute Gasteiger partial charge is 0.481 e. The van der Waals surface area contributed by atoms with Crippen molar-refractivity contribution in [1.82, 2.24) is 0 Å². The average Bonchev–Trinajstić information content (AvgIpc) is 2.20. The molecule has 0 heterocycles. The van der Waals surface area contributed by atoms with Gasteiger partial charge in [0.2, 0.25) is 0 Å². The summed E-state index contributed by atoms with van der Waals surface area (Å²) < 4.78 is 0. The van der Waals surface area contributed by atoms with E-state index in [1.54, 1.807) is 19.1 Å². The molecule has 4 N–H and O–H groups in total. The monoisotopic (exact) mass is 223 g/mol. The Morgan fingerprint density at radius 1 is 1.38 bits per heavy atom. The van der Waals surface area contributed by atoms with Crippen LogP contribution in [0.4, 0.5) is 0 Å². The van der Waals surface area contributed by atoms with Crippen LogP contribution >= 0.6 is 0 Å². The summed E-state index contributed by atoms with van der Waals surface area (Å²) in [7, 11) is 0. The molecular formula is C11H13NO4. The van der Waals surface area contributed by atoms with Crippen molar-refractivity contribution in [2.24, 2.45) is 5.73 Å². The van der Waals surface area contributed by atoms with Gasteiger partial charge in [-0.2, -0.15) is 0 Å². The smallest absolute Gasteiger partial charge is 0.335 e. The second-order valence-electron chi connectivity index (χ2n) is 3.51. The van der Waals surface area contributed by atoms with Gasteiger partial charge < -0.3 is 15.9 Å². The molecule has 86 valence electrons. The number of rotatable bonds is 4. The number of carboxylic acids is 2. The first-order valence-corrected chi connectivity index (χ1v) is 4.74. The summed E-state index contributed by atoms with van der Waals surface area (Å²) in [5, 5.41) is 17.8. The van der Waals surface area contributed by atoms with Crippen LogP contribution in [0.1, 0.15) is 27.4 Å². The van der Waals surface area contributed by atoms with Gasteiger partial charge in [0, 0.05) is 6.54 Å². The van der Waals surface area contributed by atoms with E-state index in [0.29, 0.717) is 11.1 Å². The maximum absolute atomic E-state index is 10.9. The Labute approximate surface area is 92.5 Å². The fourth-order valence-electron chi connectivity index (χ4n) is 1.47. The second-order valence-corrected chi connectivity index (χ2v) is 3.51. The van der Waals surface area contributed by atoms with E-state index in [2.05, 4.69) is 0 Å². The maximum atomic E-state index is 10.9. The molecule has 1 rings (SSSR count). The molecule has 0 spiro atoms. The number of aliphatic carboxylic acids is 1. The third-order valence-corrected chi connectivity index (χ3v) is 2.43. The third kappa shape index (κ3) is 2.38. The van der Waals surface area contributed by atoms with E-state index in [0.717, 1.165) is 0 Å². The summed E-state index contributed by atoms with van der Waals surface area (Å²) >= 11 is 0. The molecule has 0 radical (unpaired) electrons. The van der Waals surface area contributed by atoms with E-state index in [1.807, 2.05) is 0 Å². The van der Waals surface area contributed by atoms with Gasteiger partial charge in [-0.1, -0.05) is 12.1 Å². The fourth-order valence-corrected chi connectivity index (χ4v) is 1.47. The quantitative estimate of drug-likeness (QED) is 0.701. The van der Waals surface area contributed by atoms with E-state index in [-0.39, 0.29) is 12.1 Å². The van der Waals surface area contributed by atoms with Crippen LogP contribution in [0.2, 0.25) is 0 Å². The van der Waals surface area contributed by atoms with Crippen molar-refractivity contribution < 1.29 is 19.8 Å². The number of aryl methyl sites for hydroxylation is 1. The molecular weight excluding hydrogens is 210 g/mol. The predicted molar refractivity (Wildman–Crippen MR) is 57.6 cm³/mol. The maximum Gasteiger partial charge on any atom is 0.335 e. The lowest BCUT2D eigenvalue weighted by molar-refractivity contribution is -0.138. The summed E-state index contributed by atoms with van der Waals surface area (Å²) in [6.07, 6.45) is 0. The van der Waals surface area contributed by atoms with Gasteiger partial charge in [0.1, 0.15) is 0 Å². The predicted octanol–water partition coefficient (Wildman–Crippen LogP) is 0.820. The minimum atomic E-state index is -1.07. The lowest BCUT2D eigenvalue weighted by atomic mass is 9.95. The van der Waals surface area contributed by atoms with Gasteiger partial charge in [-0.3, -0.25) is 4.79 Å². The zero-order valence-corrected chi connectivity index (χ0v) is 8.80. The van der Waals surface area contributed by atoms with Crippen LogP contribution in [0.5, 0.6) is 0 Å². The Balaban J connectivity index is 3.21. The van der Waals surface area contributed by atoms with E-state index in [4.69, 9.17) is 15.9 Å². The number of hydrogen-bond acceptors (Lipinski definition) is 3. The molecule has 0 aromatic heterocycles. The SMILES string of the molecule is Cc1ccc(C(CN)C(=O)O)cc1C(=O)O. The molecule has 1 atom stereocenters. The minimum absolute atomic E-state index is 0.0581. The van der Waals surface area contributed by atoms with Crippen molar-refractivity contribution >= 4 is 11.9 Å². The Morgan fingerprint density at radius 2 is 2.00 bits per heavy atom. The molecule has 0 saturated heterocycles. The van der Waals surface area contributed by atoms with Crippen LogP contribution in [-0.4, -0.2) is 28.7 Å². The fraction of sp³-hybridized carbons (Fsp3) is 0.273. The van der Waals surface area contributed by atoms with Crippen LogP contribution in [0.3, 0.4) is 0 Å². The molecule has 1 aromatic rings. The number of nitrogens with two attached hydrogens (primary N) is 1. The highest BCUT2D eigenvalue weighted by Gasteiger charge is 2.19. The van der Waals surface area contributed by atoms with Gasteiger partial charge in [-0.25, -0.2) is 4.79 Å². The van der Waals surface area contributed by atoms with E-state index in [1.165, 1.54) is 6.07 Å². The first-order chi connectivity index (χ1) is 7.47. The van der Waals surface area contributed by atoms with Crippen molar-refractivity contribution in [1.29, 1.82) is 0 Å². The Hall–Kier alpha value is -1.88. The highest BCUT2D eigenvalue weighted by atomic mass is 16.4. The van der Waals surface area contributed by atoms with Crippen molar-refractivity contribution in [3.8, 4) is 0 Å². The van der Waals surface area contributed by atoms with Crippen LogP contribution in [0, 0.1) is 6.92 Å². The summed E-state index contributed by atoms with van der Waals surface area (Å²) in [5.74, 6) is -2.98. The van der Waals surface area contributed by atoms with Crippen molar-refractivity contribution in [3.63, 3.8) is 0 Å². The summed E-state index contributed by atoms with van der Waals surface area (Å²) in [6, 6.07) is 4.54. The third-order valence-electron chi connectivity index (χ3n) is 2.43.